The van der Waals surface area contributed by atoms with Crippen LogP contribution in [0.5, 0.6) is 11.5 Å². The molecule has 0 unspecified atom stereocenters. The van der Waals surface area contributed by atoms with Gasteiger partial charge in [0.2, 0.25) is 6.79 Å². The summed E-state index contributed by atoms with van der Waals surface area (Å²) in [5.41, 5.74) is -1.21. The van der Waals surface area contributed by atoms with Crippen LogP contribution in [-0.4, -0.2) is 47.4 Å². The molecule has 4 atom stereocenters. The molecule has 0 radical (unpaired) electrons. The van der Waals surface area contributed by atoms with Gasteiger partial charge in [-0.05, 0) is 52.3 Å². The first-order valence-corrected chi connectivity index (χ1v) is 10.1. The SMILES string of the molecule is CC(C)OC(=O)[C@H]1C(=O)C[C@](C)(O)[C@@H](C(=O)OC(C)C)[C@H]1c1ccc2c(c1)OCO2. The summed E-state index contributed by atoms with van der Waals surface area (Å²) in [7, 11) is 0. The van der Waals surface area contributed by atoms with E-state index in [1.807, 2.05) is 0 Å². The molecule has 1 N–H and O–H groups in total. The molecule has 0 aromatic heterocycles. The number of ketones is 1. The third-order valence-electron chi connectivity index (χ3n) is 5.26. The third-order valence-corrected chi connectivity index (χ3v) is 5.26. The van der Waals surface area contributed by atoms with Gasteiger partial charge in [0.1, 0.15) is 5.92 Å². The van der Waals surface area contributed by atoms with Crippen molar-refractivity contribution in [1.29, 1.82) is 0 Å². The Morgan fingerprint density at radius 1 is 1.07 bits per heavy atom. The van der Waals surface area contributed by atoms with E-state index in [0.717, 1.165) is 0 Å². The molecule has 1 aliphatic heterocycles. The Bertz CT molecular complexity index is 834. The van der Waals surface area contributed by atoms with Crippen LogP contribution in [0.15, 0.2) is 18.2 Å². The van der Waals surface area contributed by atoms with Crippen molar-refractivity contribution in [2.45, 2.75) is 64.8 Å². The molecule has 1 aliphatic carbocycles. The summed E-state index contributed by atoms with van der Waals surface area (Å²) in [4.78, 5) is 38.9. The minimum atomic E-state index is -1.70. The van der Waals surface area contributed by atoms with Gasteiger partial charge in [-0.1, -0.05) is 6.07 Å². The van der Waals surface area contributed by atoms with Gasteiger partial charge < -0.3 is 24.1 Å². The molecule has 0 saturated heterocycles. The van der Waals surface area contributed by atoms with Gasteiger partial charge in [-0.25, -0.2) is 0 Å². The Morgan fingerprint density at radius 3 is 2.30 bits per heavy atom. The highest BCUT2D eigenvalue weighted by atomic mass is 16.7. The van der Waals surface area contributed by atoms with Gasteiger partial charge in [-0.3, -0.25) is 14.4 Å². The van der Waals surface area contributed by atoms with Crippen LogP contribution in [-0.2, 0) is 23.9 Å². The molecule has 2 aliphatic rings. The van der Waals surface area contributed by atoms with Gasteiger partial charge in [0.05, 0.1) is 23.7 Å². The van der Waals surface area contributed by atoms with E-state index < -0.39 is 53.3 Å². The molecule has 8 nitrogen and oxygen atoms in total. The maximum atomic E-state index is 13.0. The fourth-order valence-corrected chi connectivity index (χ4v) is 4.15. The topological polar surface area (TPSA) is 108 Å². The summed E-state index contributed by atoms with van der Waals surface area (Å²) in [6.45, 7) is 8.23. The fraction of sp³-hybridized carbons (Fsp3) is 0.591. The predicted octanol–water partition coefficient (Wildman–Crippen LogP) is 2.36. The minimum absolute atomic E-state index is 0.0533. The van der Waals surface area contributed by atoms with Crippen molar-refractivity contribution >= 4 is 17.7 Å². The molecule has 0 bridgehead atoms. The van der Waals surface area contributed by atoms with Crippen molar-refractivity contribution in [3.63, 3.8) is 0 Å². The van der Waals surface area contributed by atoms with Gasteiger partial charge >= 0.3 is 11.9 Å². The number of Topliss-reactive ketones (excluding diaryl/α,β-unsaturated/α-hetero) is 1. The molecule has 0 amide bonds. The van der Waals surface area contributed by atoms with E-state index in [1.165, 1.54) is 6.92 Å². The average Bonchev–Trinajstić information content (AvgIpc) is 3.06. The monoisotopic (exact) mass is 420 g/mol. The van der Waals surface area contributed by atoms with Crippen LogP contribution in [0.2, 0.25) is 0 Å². The number of hydrogen-bond donors (Lipinski definition) is 1. The van der Waals surface area contributed by atoms with Crippen LogP contribution in [0.25, 0.3) is 0 Å². The second-order valence-corrected chi connectivity index (χ2v) is 8.57. The van der Waals surface area contributed by atoms with Gasteiger partial charge in [0, 0.05) is 12.3 Å². The summed E-state index contributed by atoms with van der Waals surface area (Å²) >= 11 is 0. The number of carbonyl (C=O) groups is 3. The number of ether oxygens (including phenoxy) is 4. The molecule has 1 aromatic carbocycles. The summed E-state index contributed by atoms with van der Waals surface area (Å²) in [6, 6.07) is 4.95. The quantitative estimate of drug-likeness (QED) is 0.571. The Balaban J connectivity index is 2.12. The highest BCUT2D eigenvalue weighted by molar-refractivity contribution is 6.02. The van der Waals surface area contributed by atoms with Crippen LogP contribution in [0.3, 0.4) is 0 Å². The zero-order valence-corrected chi connectivity index (χ0v) is 17.8. The number of hydrogen-bond acceptors (Lipinski definition) is 8. The van der Waals surface area contributed by atoms with Gasteiger partial charge in [0.15, 0.2) is 17.3 Å². The fourth-order valence-electron chi connectivity index (χ4n) is 4.15. The van der Waals surface area contributed by atoms with E-state index >= 15 is 0 Å². The van der Waals surface area contributed by atoms with Crippen LogP contribution in [0, 0.1) is 11.8 Å². The molecule has 3 rings (SSSR count). The van der Waals surface area contributed by atoms with Crippen molar-refractivity contribution in [2.24, 2.45) is 11.8 Å². The van der Waals surface area contributed by atoms with Crippen LogP contribution in [0.4, 0.5) is 0 Å². The number of benzene rings is 1. The lowest BCUT2D eigenvalue weighted by atomic mass is 9.61. The van der Waals surface area contributed by atoms with Crippen molar-refractivity contribution in [2.75, 3.05) is 6.79 Å². The Kier molecular flexibility index (Phi) is 6.08. The van der Waals surface area contributed by atoms with Crippen molar-refractivity contribution in [3.8, 4) is 11.5 Å². The van der Waals surface area contributed by atoms with E-state index in [9.17, 15) is 19.5 Å². The summed E-state index contributed by atoms with van der Waals surface area (Å²) in [6.07, 6.45) is -1.22. The van der Waals surface area contributed by atoms with Gasteiger partial charge in [-0.15, -0.1) is 0 Å². The van der Waals surface area contributed by atoms with E-state index in [2.05, 4.69) is 0 Å². The van der Waals surface area contributed by atoms with Crippen molar-refractivity contribution in [1.82, 2.24) is 0 Å². The van der Waals surface area contributed by atoms with Crippen LogP contribution >= 0.6 is 0 Å². The van der Waals surface area contributed by atoms with Gasteiger partial charge in [0.25, 0.3) is 0 Å². The van der Waals surface area contributed by atoms with Crippen LogP contribution in [0.1, 0.15) is 52.5 Å². The highest BCUT2D eigenvalue weighted by Gasteiger charge is 2.57. The normalized spacial score (nSPS) is 28.0. The lowest BCUT2D eigenvalue weighted by Gasteiger charge is -2.44. The zero-order chi connectivity index (χ0) is 22.2. The van der Waals surface area contributed by atoms with Crippen molar-refractivity contribution in [3.05, 3.63) is 23.8 Å². The molecule has 1 heterocycles. The number of aliphatic hydroxyl groups is 1. The summed E-state index contributed by atoms with van der Waals surface area (Å²) in [5, 5.41) is 11.1. The van der Waals surface area contributed by atoms with Crippen LogP contribution < -0.4 is 9.47 Å². The highest BCUT2D eigenvalue weighted by Crippen LogP contribution is 2.48. The number of carbonyl (C=O) groups excluding carboxylic acids is 3. The zero-order valence-electron chi connectivity index (χ0n) is 17.8. The maximum Gasteiger partial charge on any atom is 0.317 e. The van der Waals surface area contributed by atoms with Crippen molar-refractivity contribution < 1.29 is 38.4 Å². The number of rotatable bonds is 5. The third kappa shape index (κ3) is 4.28. The van der Waals surface area contributed by atoms with E-state index in [4.69, 9.17) is 18.9 Å². The second kappa shape index (κ2) is 8.26. The molecular formula is C22H28O8. The first-order valence-electron chi connectivity index (χ1n) is 10.1. The molecule has 1 saturated carbocycles. The molecule has 1 fully saturated rings. The Morgan fingerprint density at radius 2 is 1.67 bits per heavy atom. The Hall–Kier alpha value is -2.61. The molecular weight excluding hydrogens is 392 g/mol. The van der Waals surface area contributed by atoms with E-state index in [0.29, 0.717) is 17.1 Å². The number of esters is 2. The molecule has 164 valence electrons. The average molecular weight is 420 g/mol. The maximum absolute atomic E-state index is 13.0. The van der Waals surface area contributed by atoms with E-state index in [1.54, 1.807) is 45.9 Å². The largest absolute Gasteiger partial charge is 0.463 e. The summed E-state index contributed by atoms with van der Waals surface area (Å²) in [5.74, 6) is -4.30. The lowest BCUT2D eigenvalue weighted by Crippen LogP contribution is -2.55. The minimum Gasteiger partial charge on any atom is -0.463 e. The molecule has 30 heavy (non-hydrogen) atoms. The lowest BCUT2D eigenvalue weighted by molar-refractivity contribution is -0.176. The molecule has 0 spiro atoms. The first-order chi connectivity index (χ1) is 14.0. The predicted molar refractivity (Wildman–Crippen MR) is 105 cm³/mol. The smallest absolute Gasteiger partial charge is 0.317 e. The van der Waals surface area contributed by atoms with E-state index in [-0.39, 0.29) is 13.2 Å². The first kappa shape index (κ1) is 22.1. The Labute approximate surface area is 175 Å². The molecule has 1 aromatic rings. The summed E-state index contributed by atoms with van der Waals surface area (Å²) < 4.78 is 21.5. The molecule has 8 heteroatoms. The standard InChI is InChI=1S/C22H28O8/c1-11(2)29-20(24)18-14(23)9-22(5,26)19(21(25)30-12(3)4)17(18)13-6-7-15-16(8-13)28-10-27-15/h6-8,11-12,17-19,26H,9-10H2,1-5H3/t17-,18-,19+,22-/m0/s1. The number of fused-ring (bicyclic) bond motifs is 1. The van der Waals surface area contributed by atoms with Gasteiger partial charge in [-0.2, -0.15) is 0 Å². The second-order valence-electron chi connectivity index (χ2n) is 8.57.